The topological polar surface area (TPSA) is 522 Å². The number of carbonyl (C=O) groups excluding carboxylic acids is 1. The largest absolute Gasteiger partial charge is 0.490 e. The molecule has 5 rings (SSSR count). The average Bonchev–Trinajstić information content (AvgIpc) is 2.83. The van der Waals surface area contributed by atoms with Gasteiger partial charge in [-0.05, 0) is 18.9 Å². The van der Waals surface area contributed by atoms with Crippen LogP contribution in [-0.2, 0) is 63.7 Å². The van der Waals surface area contributed by atoms with Gasteiger partial charge in [-0.3, -0.25) is 4.79 Å². The number of amides is 1. The van der Waals surface area contributed by atoms with Crippen molar-refractivity contribution in [3.8, 4) is 0 Å². The van der Waals surface area contributed by atoms with Crippen LogP contribution in [0.15, 0.2) is 30.3 Å². The number of carbonyl (C=O) groups is 6. The summed E-state index contributed by atoms with van der Waals surface area (Å²) < 4.78 is 194. The van der Waals surface area contributed by atoms with Crippen LogP contribution in [0.5, 0.6) is 0 Å². The molecule has 84 heavy (non-hydrogen) atoms. The Bertz CT molecular complexity index is 2100. The number of aliphatic carboxylic acids is 5. The van der Waals surface area contributed by atoms with E-state index in [0.717, 1.165) is 5.56 Å². The second-order valence-electron chi connectivity index (χ2n) is 17.1. The lowest BCUT2D eigenvalue weighted by atomic mass is 9.84. The summed E-state index contributed by atoms with van der Waals surface area (Å²) in [5.74, 6) is -14.5. The Hall–Kier alpha value is -5.69. The molecule has 3 aliphatic heterocycles. The van der Waals surface area contributed by atoms with E-state index in [-0.39, 0.29) is 19.5 Å². The number of benzene rings is 1. The second-order valence-corrected chi connectivity index (χ2v) is 17.1. The van der Waals surface area contributed by atoms with E-state index in [9.17, 15) is 101 Å². The Kier molecular flexibility index (Phi) is 30.5. The molecule has 1 aromatic carbocycles. The third kappa shape index (κ3) is 25.1. The molecule has 4 fully saturated rings. The van der Waals surface area contributed by atoms with E-state index >= 15 is 0 Å². The van der Waals surface area contributed by atoms with Gasteiger partial charge in [0.1, 0.15) is 54.9 Å². The van der Waals surface area contributed by atoms with Crippen molar-refractivity contribution in [1.82, 2.24) is 5.32 Å². The van der Waals surface area contributed by atoms with Gasteiger partial charge in [0.2, 0.25) is 0 Å². The van der Waals surface area contributed by atoms with Crippen LogP contribution in [0.1, 0.15) is 18.9 Å². The van der Waals surface area contributed by atoms with E-state index in [0.29, 0.717) is 0 Å². The fourth-order valence-corrected chi connectivity index (χ4v) is 6.51. The number of hydrogen-bond acceptors (Lipinski definition) is 23. The van der Waals surface area contributed by atoms with Crippen molar-refractivity contribution in [2.75, 3.05) is 6.54 Å². The monoisotopic (exact) mass is 1270 g/mol. The number of carboxylic acids is 5. The van der Waals surface area contributed by atoms with Crippen molar-refractivity contribution >= 4 is 35.8 Å². The van der Waals surface area contributed by atoms with Gasteiger partial charge in [-0.2, -0.15) is 65.9 Å². The number of alkyl halides is 15. The number of carboxylic acid groups (broad SMARTS) is 5. The van der Waals surface area contributed by atoms with E-state index in [1.807, 2.05) is 6.07 Å². The maximum atomic E-state index is 13.5. The van der Waals surface area contributed by atoms with Crippen molar-refractivity contribution in [3.63, 3.8) is 0 Å². The summed E-state index contributed by atoms with van der Waals surface area (Å²) in [5.41, 5.74) is 31.2. The molecule has 44 heteroatoms. The SMILES string of the molecule is C[C@H]1O[C@H](O[C@H]2[C@H](O[C@@H]3O[C@H](C(=O)NCc4ccccc4)[C@@H](O[C@H]4O[C@@H](CN)[C@@H](O)[C@H](O)[C@H]4N)[C@H]3O)[C@@H](O)[C@H](N)C[C@@H]2N)[C@H](N)[C@@H](O)[C@@H]1O.O=C(O)C(F)(F)F.O=C(O)C(F)(F)F.O=C(O)C(F)(F)F.O=C(O)C(F)(F)F.O=C(O)C(F)(F)F. The number of nitrogens with one attached hydrogen (secondary N) is 1. The first kappa shape index (κ1) is 78.3. The molecule has 488 valence electrons. The zero-order valence-electron chi connectivity index (χ0n) is 41.9. The van der Waals surface area contributed by atoms with Gasteiger partial charge in [-0.1, -0.05) is 30.3 Å². The van der Waals surface area contributed by atoms with Gasteiger partial charge in [0, 0.05) is 25.2 Å². The first-order valence-electron chi connectivity index (χ1n) is 22.5. The molecule has 3 saturated heterocycles. The third-order valence-corrected chi connectivity index (χ3v) is 10.8. The molecular weight excluding hydrogens is 1220 g/mol. The summed E-state index contributed by atoms with van der Waals surface area (Å²) in [7, 11) is 0. The summed E-state index contributed by atoms with van der Waals surface area (Å²) >= 11 is 0. The molecule has 1 aromatic rings. The molecule has 1 aliphatic carbocycles. The van der Waals surface area contributed by atoms with E-state index < -0.39 is 183 Å². The number of ether oxygens (including phenoxy) is 6. The predicted molar refractivity (Wildman–Crippen MR) is 235 cm³/mol. The Morgan fingerprint density at radius 2 is 0.857 bits per heavy atom. The number of rotatable bonds is 10. The van der Waals surface area contributed by atoms with Gasteiger partial charge in [0.15, 0.2) is 25.0 Å². The first-order valence-corrected chi connectivity index (χ1v) is 22.5. The third-order valence-electron chi connectivity index (χ3n) is 10.8. The Labute approximate surface area is 458 Å². The fourth-order valence-electron chi connectivity index (χ4n) is 6.51. The van der Waals surface area contributed by atoms with E-state index in [1.54, 1.807) is 24.3 Å². The van der Waals surface area contributed by atoms with E-state index in [4.69, 9.17) is 107 Å². The molecule has 0 radical (unpaired) electrons. The maximum Gasteiger partial charge on any atom is 0.490 e. The van der Waals surface area contributed by atoms with Crippen molar-refractivity contribution in [2.45, 2.75) is 167 Å². The maximum absolute atomic E-state index is 13.5. The average molecular weight is 1270 g/mol. The zero-order valence-corrected chi connectivity index (χ0v) is 41.9. The number of hydrogen-bond donors (Lipinski definition) is 17. The van der Waals surface area contributed by atoms with Crippen molar-refractivity contribution in [3.05, 3.63) is 35.9 Å². The van der Waals surface area contributed by atoms with Gasteiger partial charge in [-0.25, -0.2) is 24.0 Å². The number of halogens is 15. The van der Waals surface area contributed by atoms with Gasteiger partial charge in [0.25, 0.3) is 5.91 Å². The van der Waals surface area contributed by atoms with Crippen LogP contribution < -0.4 is 34.0 Å². The summed E-state index contributed by atoms with van der Waals surface area (Å²) in [6.07, 6.45) is -46.1. The molecule has 3 heterocycles. The van der Waals surface area contributed by atoms with Gasteiger partial charge in [0.05, 0.1) is 24.3 Å². The molecule has 4 aliphatic rings. The molecule has 19 atom stereocenters. The van der Waals surface area contributed by atoms with Gasteiger partial charge >= 0.3 is 60.7 Å². The predicted octanol–water partition coefficient (Wildman–Crippen LogP) is -3.34. The lowest BCUT2D eigenvalue weighted by Gasteiger charge is -2.47. The van der Waals surface area contributed by atoms with E-state index in [2.05, 4.69) is 5.32 Å². The smallest absolute Gasteiger partial charge is 0.475 e. The second kappa shape index (κ2) is 32.7. The summed E-state index contributed by atoms with van der Waals surface area (Å²) in [6.45, 7) is 1.40. The minimum Gasteiger partial charge on any atom is -0.475 e. The molecule has 22 N–H and O–H groups in total. The van der Waals surface area contributed by atoms with Crippen molar-refractivity contribution in [1.29, 1.82) is 0 Å². The minimum atomic E-state index is -5.08. The molecule has 0 aromatic heterocycles. The van der Waals surface area contributed by atoms with Crippen LogP contribution in [0.25, 0.3) is 0 Å². The molecule has 1 amide bonds. The number of aliphatic hydroxyl groups is 6. The quantitative estimate of drug-likeness (QED) is 0.102. The van der Waals surface area contributed by atoms with Crippen LogP contribution in [0, 0.1) is 0 Å². The number of aliphatic hydroxyl groups excluding tert-OH is 6. The Morgan fingerprint density at radius 3 is 1.24 bits per heavy atom. The molecule has 0 unspecified atom stereocenters. The fraction of sp³-hybridized carbons (Fsp3) is 0.700. The van der Waals surface area contributed by atoms with Crippen molar-refractivity contribution < 1.29 is 179 Å². The normalized spacial score (nSPS) is 32.4. The zero-order chi connectivity index (χ0) is 66.1. The Balaban J connectivity index is 0.00000158. The summed E-state index contributed by atoms with van der Waals surface area (Å²) in [5, 5.41) is 102. The van der Waals surface area contributed by atoms with E-state index in [1.165, 1.54) is 6.92 Å². The standard InChI is InChI=1S/C30H50N6O13.5C2HF3O2/c1-10-17(37)20(40)15(34)28(44-10)46-23-13(33)7-12(32)18(38)24(23)48-30-22(42)25(47-29-16(35)21(41)19(39)14(8-31)45-29)26(49-30)27(43)36-9-11-5-3-2-4-6-11;5*3-2(4,5)1(6)7/h2-6,10,12-26,28-30,37-42H,7-9,31-35H2,1H3,(H,36,43);5*(H,6,7)/t10-,12-,13+,14+,15-,16-,17-,18+,19-,20-,21-,22-,23-,24-,25+,26+,28-,29-,30-;;;;;/m1...../s1. The Morgan fingerprint density at radius 1 is 0.500 bits per heavy atom. The van der Waals surface area contributed by atoms with Crippen LogP contribution >= 0.6 is 0 Å². The highest BCUT2D eigenvalue weighted by Crippen LogP contribution is 2.35. The lowest BCUT2D eigenvalue weighted by Crippen LogP contribution is -2.67. The molecular formula is C40H55F15N6O23. The van der Waals surface area contributed by atoms with Gasteiger partial charge < -0.3 is 119 Å². The minimum absolute atomic E-state index is 0.0755. The highest BCUT2D eigenvalue weighted by molar-refractivity contribution is 5.82. The van der Waals surface area contributed by atoms with Crippen molar-refractivity contribution in [2.24, 2.45) is 28.7 Å². The van der Waals surface area contributed by atoms with Crippen LogP contribution in [-0.4, -0.2) is 246 Å². The van der Waals surface area contributed by atoms with Gasteiger partial charge in [-0.15, -0.1) is 0 Å². The summed E-state index contributed by atoms with van der Waals surface area (Å²) in [4.78, 5) is 58.0. The highest BCUT2D eigenvalue weighted by Gasteiger charge is 2.56. The lowest BCUT2D eigenvalue weighted by molar-refractivity contribution is -0.305. The summed E-state index contributed by atoms with van der Waals surface area (Å²) in [6, 6.07) is 4.68. The first-order chi connectivity index (χ1) is 37.9. The molecule has 29 nitrogen and oxygen atoms in total. The molecule has 0 spiro atoms. The molecule has 0 bridgehead atoms. The van der Waals surface area contributed by atoms with Crippen LogP contribution in [0.2, 0.25) is 0 Å². The van der Waals surface area contributed by atoms with Crippen LogP contribution in [0.4, 0.5) is 65.9 Å². The highest BCUT2D eigenvalue weighted by atomic mass is 19.4. The number of nitrogens with two attached hydrogens (primary N) is 5. The molecule has 1 saturated carbocycles. The van der Waals surface area contributed by atoms with Crippen LogP contribution in [0.3, 0.4) is 0 Å².